The molecule has 1 N–H and O–H groups in total. The Hall–Kier alpha value is -1.00. The van der Waals surface area contributed by atoms with E-state index in [2.05, 4.69) is 0 Å². The summed E-state index contributed by atoms with van der Waals surface area (Å²) in [5.74, 6) is -2.03. The number of aliphatic hydroxyl groups is 1. The summed E-state index contributed by atoms with van der Waals surface area (Å²) in [5, 5.41) is 9.77. The third kappa shape index (κ3) is 2.97. The topological polar surface area (TPSA) is 29.5 Å². The van der Waals surface area contributed by atoms with Gasteiger partial charge >= 0.3 is 0 Å². The lowest BCUT2D eigenvalue weighted by Crippen LogP contribution is -2.14. The first-order valence-electron chi connectivity index (χ1n) is 4.68. The van der Waals surface area contributed by atoms with E-state index in [9.17, 15) is 13.9 Å². The van der Waals surface area contributed by atoms with Crippen molar-refractivity contribution >= 4 is 0 Å². The number of rotatable bonds is 4. The van der Waals surface area contributed by atoms with Gasteiger partial charge in [-0.05, 0) is 17.7 Å². The highest BCUT2D eigenvalue weighted by Gasteiger charge is 2.17. The second-order valence-corrected chi connectivity index (χ2v) is 3.55. The standard InChI is InChI=1S/C11H14F2O2/c1-7(6-15-2)11(14)8-3-4-9(12)10(13)5-8/h3-5,7,11,14H,6H2,1-2H3. The summed E-state index contributed by atoms with van der Waals surface area (Å²) < 4.78 is 30.4. The summed E-state index contributed by atoms with van der Waals surface area (Å²) >= 11 is 0. The summed E-state index contributed by atoms with van der Waals surface area (Å²) in [5.41, 5.74) is 0.360. The van der Waals surface area contributed by atoms with Crippen molar-refractivity contribution < 1.29 is 18.6 Å². The van der Waals surface area contributed by atoms with Gasteiger partial charge in [0, 0.05) is 13.0 Å². The lowest BCUT2D eigenvalue weighted by Gasteiger charge is -2.18. The van der Waals surface area contributed by atoms with Crippen LogP contribution in [0.15, 0.2) is 18.2 Å². The van der Waals surface area contributed by atoms with Crippen LogP contribution in [0.1, 0.15) is 18.6 Å². The summed E-state index contributed by atoms with van der Waals surface area (Å²) in [6.45, 7) is 2.13. The van der Waals surface area contributed by atoms with Crippen molar-refractivity contribution in [3.05, 3.63) is 35.4 Å². The Morgan fingerprint density at radius 2 is 2.00 bits per heavy atom. The van der Waals surface area contributed by atoms with Crippen molar-refractivity contribution in [3.8, 4) is 0 Å². The van der Waals surface area contributed by atoms with Crippen molar-refractivity contribution in [3.63, 3.8) is 0 Å². The average Bonchev–Trinajstić information content (AvgIpc) is 2.21. The summed E-state index contributed by atoms with van der Waals surface area (Å²) in [6, 6.07) is 3.38. The molecule has 0 spiro atoms. The molecule has 2 atom stereocenters. The third-order valence-corrected chi connectivity index (χ3v) is 2.25. The number of aliphatic hydroxyl groups excluding tert-OH is 1. The Balaban J connectivity index is 2.81. The van der Waals surface area contributed by atoms with Gasteiger partial charge in [-0.2, -0.15) is 0 Å². The maximum atomic E-state index is 12.9. The Labute approximate surface area is 87.5 Å². The number of ether oxygens (including phenoxy) is 1. The van der Waals surface area contributed by atoms with E-state index in [0.717, 1.165) is 12.1 Å². The molecule has 1 rings (SSSR count). The summed E-state index contributed by atoms with van der Waals surface area (Å²) in [6.07, 6.45) is -0.847. The van der Waals surface area contributed by atoms with E-state index in [1.807, 2.05) is 0 Å². The normalized spacial score (nSPS) is 15.0. The predicted octanol–water partition coefficient (Wildman–Crippen LogP) is 2.28. The summed E-state index contributed by atoms with van der Waals surface area (Å²) in [7, 11) is 1.52. The van der Waals surface area contributed by atoms with E-state index < -0.39 is 17.7 Å². The van der Waals surface area contributed by atoms with Crippen LogP contribution in [-0.2, 0) is 4.74 Å². The minimum Gasteiger partial charge on any atom is -0.388 e. The van der Waals surface area contributed by atoms with E-state index in [4.69, 9.17) is 4.74 Å². The van der Waals surface area contributed by atoms with Gasteiger partial charge in [-0.15, -0.1) is 0 Å². The Bertz CT molecular complexity index is 328. The molecule has 0 fully saturated rings. The largest absolute Gasteiger partial charge is 0.388 e. The molecule has 0 radical (unpaired) electrons. The zero-order valence-corrected chi connectivity index (χ0v) is 8.71. The number of benzene rings is 1. The van der Waals surface area contributed by atoms with E-state index in [1.54, 1.807) is 6.92 Å². The maximum Gasteiger partial charge on any atom is 0.159 e. The molecule has 0 aliphatic carbocycles. The Morgan fingerprint density at radius 3 is 2.53 bits per heavy atom. The zero-order valence-electron chi connectivity index (χ0n) is 8.71. The number of methoxy groups -OCH3 is 1. The molecule has 15 heavy (non-hydrogen) atoms. The van der Waals surface area contributed by atoms with Crippen LogP contribution in [0.4, 0.5) is 8.78 Å². The molecule has 0 amide bonds. The van der Waals surface area contributed by atoms with Crippen LogP contribution in [0.25, 0.3) is 0 Å². The van der Waals surface area contributed by atoms with Gasteiger partial charge in [-0.1, -0.05) is 13.0 Å². The molecule has 0 heterocycles. The molecule has 0 aromatic heterocycles. The van der Waals surface area contributed by atoms with Crippen LogP contribution in [0.2, 0.25) is 0 Å². The van der Waals surface area contributed by atoms with Gasteiger partial charge in [0.2, 0.25) is 0 Å². The quantitative estimate of drug-likeness (QED) is 0.836. The van der Waals surface area contributed by atoms with Crippen LogP contribution in [0.3, 0.4) is 0 Å². The van der Waals surface area contributed by atoms with Crippen molar-refractivity contribution in [1.29, 1.82) is 0 Å². The van der Waals surface area contributed by atoms with Crippen LogP contribution in [-0.4, -0.2) is 18.8 Å². The molecule has 0 bridgehead atoms. The van der Waals surface area contributed by atoms with E-state index in [1.165, 1.54) is 13.2 Å². The van der Waals surface area contributed by atoms with Gasteiger partial charge in [0.25, 0.3) is 0 Å². The van der Waals surface area contributed by atoms with Crippen LogP contribution < -0.4 is 0 Å². The minimum atomic E-state index is -0.948. The fourth-order valence-electron chi connectivity index (χ4n) is 1.38. The highest BCUT2D eigenvalue weighted by molar-refractivity contribution is 5.20. The van der Waals surface area contributed by atoms with E-state index in [0.29, 0.717) is 12.2 Å². The van der Waals surface area contributed by atoms with Crippen LogP contribution in [0, 0.1) is 17.6 Å². The van der Waals surface area contributed by atoms with Gasteiger partial charge in [0.15, 0.2) is 11.6 Å². The highest BCUT2D eigenvalue weighted by Crippen LogP contribution is 2.23. The van der Waals surface area contributed by atoms with Crippen LogP contribution in [0.5, 0.6) is 0 Å². The minimum absolute atomic E-state index is 0.167. The average molecular weight is 216 g/mol. The molecule has 84 valence electrons. The predicted molar refractivity (Wildman–Crippen MR) is 52.4 cm³/mol. The second-order valence-electron chi connectivity index (χ2n) is 3.55. The smallest absolute Gasteiger partial charge is 0.159 e. The van der Waals surface area contributed by atoms with Gasteiger partial charge in [0.05, 0.1) is 12.7 Å². The van der Waals surface area contributed by atoms with Gasteiger partial charge in [-0.25, -0.2) is 8.78 Å². The molecule has 0 aliphatic heterocycles. The second kappa shape index (κ2) is 5.19. The molecule has 1 aromatic rings. The maximum absolute atomic E-state index is 12.9. The monoisotopic (exact) mass is 216 g/mol. The van der Waals surface area contributed by atoms with Crippen molar-refractivity contribution in [2.45, 2.75) is 13.0 Å². The molecule has 2 unspecified atom stereocenters. The summed E-state index contributed by atoms with van der Waals surface area (Å²) in [4.78, 5) is 0. The van der Waals surface area contributed by atoms with E-state index in [-0.39, 0.29) is 5.92 Å². The van der Waals surface area contributed by atoms with Crippen LogP contribution >= 0.6 is 0 Å². The van der Waals surface area contributed by atoms with Crippen molar-refractivity contribution in [2.24, 2.45) is 5.92 Å². The van der Waals surface area contributed by atoms with Gasteiger partial charge < -0.3 is 9.84 Å². The Morgan fingerprint density at radius 1 is 1.33 bits per heavy atom. The first kappa shape index (κ1) is 12.1. The molecular formula is C11H14F2O2. The van der Waals surface area contributed by atoms with Crippen molar-refractivity contribution in [2.75, 3.05) is 13.7 Å². The molecule has 1 aromatic carbocycles. The van der Waals surface area contributed by atoms with Gasteiger partial charge in [0.1, 0.15) is 0 Å². The highest BCUT2D eigenvalue weighted by atomic mass is 19.2. The molecule has 2 nitrogen and oxygen atoms in total. The molecular weight excluding hydrogens is 202 g/mol. The number of hydrogen-bond donors (Lipinski definition) is 1. The fraction of sp³-hybridized carbons (Fsp3) is 0.455. The Kier molecular flexibility index (Phi) is 4.17. The fourth-order valence-corrected chi connectivity index (χ4v) is 1.38. The molecule has 0 saturated carbocycles. The number of halogens is 2. The van der Waals surface area contributed by atoms with E-state index >= 15 is 0 Å². The first-order valence-corrected chi connectivity index (χ1v) is 4.68. The lowest BCUT2D eigenvalue weighted by atomic mass is 9.98. The first-order chi connectivity index (χ1) is 7.06. The molecule has 4 heteroatoms. The lowest BCUT2D eigenvalue weighted by molar-refractivity contribution is 0.0564. The molecule has 0 aliphatic rings. The number of hydrogen-bond acceptors (Lipinski definition) is 2. The zero-order chi connectivity index (χ0) is 11.4. The van der Waals surface area contributed by atoms with Gasteiger partial charge in [-0.3, -0.25) is 0 Å². The van der Waals surface area contributed by atoms with Crippen molar-refractivity contribution in [1.82, 2.24) is 0 Å². The molecule has 0 saturated heterocycles. The SMILES string of the molecule is COCC(C)C(O)c1ccc(F)c(F)c1. The third-order valence-electron chi connectivity index (χ3n) is 2.25.